The Morgan fingerprint density at radius 3 is 2.73 bits per heavy atom. The minimum absolute atomic E-state index is 0.00839. The lowest BCUT2D eigenvalue weighted by molar-refractivity contribution is -0.149. The highest BCUT2D eigenvalue weighted by molar-refractivity contribution is 6.30. The normalized spacial score (nSPS) is 29.3. The minimum Gasteiger partial charge on any atom is -0.465 e. The molecule has 0 unspecified atom stereocenters. The molecule has 1 aliphatic heterocycles. The van der Waals surface area contributed by atoms with Gasteiger partial charge in [0.25, 0.3) is 0 Å². The largest absolute Gasteiger partial charge is 0.465 e. The molecule has 1 aromatic rings. The van der Waals surface area contributed by atoms with Gasteiger partial charge in [0.1, 0.15) is 0 Å². The highest BCUT2D eigenvalue weighted by atomic mass is 35.5. The van der Waals surface area contributed by atoms with E-state index in [2.05, 4.69) is 0 Å². The van der Waals surface area contributed by atoms with Gasteiger partial charge in [-0.1, -0.05) is 23.7 Å². The molecule has 0 bridgehead atoms. The first-order valence-corrected chi connectivity index (χ1v) is 8.06. The molecule has 2 fully saturated rings. The van der Waals surface area contributed by atoms with Crippen molar-refractivity contribution in [1.82, 2.24) is 0 Å². The molecular formula is C17H21ClO4. The predicted molar refractivity (Wildman–Crippen MR) is 82.8 cm³/mol. The third-order valence-corrected chi connectivity index (χ3v) is 4.39. The fraction of sp³-hybridized carbons (Fsp3) is 0.588. The van der Waals surface area contributed by atoms with Crippen molar-refractivity contribution in [3.8, 4) is 0 Å². The topological polar surface area (TPSA) is 44.8 Å². The van der Waals surface area contributed by atoms with Crippen molar-refractivity contribution >= 4 is 17.6 Å². The summed E-state index contributed by atoms with van der Waals surface area (Å²) in [4.78, 5) is 12.0. The maximum absolute atomic E-state index is 12.0. The molecule has 0 amide bonds. The molecule has 22 heavy (non-hydrogen) atoms. The van der Waals surface area contributed by atoms with Crippen molar-refractivity contribution in [3.05, 3.63) is 34.9 Å². The second-order valence-electron chi connectivity index (χ2n) is 6.41. The first-order valence-electron chi connectivity index (χ1n) is 7.68. The molecule has 120 valence electrons. The van der Waals surface area contributed by atoms with Crippen LogP contribution in [-0.2, 0) is 19.0 Å². The quantitative estimate of drug-likeness (QED) is 0.777. The number of rotatable bonds is 5. The van der Waals surface area contributed by atoms with Gasteiger partial charge < -0.3 is 14.2 Å². The number of hydrogen-bond acceptors (Lipinski definition) is 4. The van der Waals surface area contributed by atoms with Crippen LogP contribution in [0.1, 0.15) is 38.2 Å². The Labute approximate surface area is 135 Å². The molecule has 3 atom stereocenters. The van der Waals surface area contributed by atoms with Crippen LogP contribution in [-0.4, -0.2) is 31.1 Å². The molecular weight excluding hydrogens is 304 g/mol. The van der Waals surface area contributed by atoms with Crippen LogP contribution in [0.25, 0.3) is 0 Å². The van der Waals surface area contributed by atoms with Gasteiger partial charge in [-0.05, 0) is 43.9 Å². The Morgan fingerprint density at radius 1 is 1.36 bits per heavy atom. The Balaban J connectivity index is 1.40. The number of benzene rings is 1. The molecule has 1 saturated heterocycles. The number of hydrogen-bond donors (Lipinski definition) is 0. The van der Waals surface area contributed by atoms with Crippen molar-refractivity contribution in [3.63, 3.8) is 0 Å². The zero-order chi connectivity index (χ0) is 15.7. The summed E-state index contributed by atoms with van der Waals surface area (Å²) in [7, 11) is 0. The van der Waals surface area contributed by atoms with E-state index in [0.717, 1.165) is 12.0 Å². The third kappa shape index (κ3) is 3.80. The van der Waals surface area contributed by atoms with Crippen molar-refractivity contribution in [2.75, 3.05) is 13.2 Å². The second kappa shape index (κ2) is 6.19. The zero-order valence-corrected chi connectivity index (χ0v) is 13.6. The van der Waals surface area contributed by atoms with Crippen LogP contribution in [0.3, 0.4) is 0 Å². The molecule has 2 aliphatic rings. The van der Waals surface area contributed by atoms with Gasteiger partial charge in [0.2, 0.25) is 0 Å². The maximum Gasteiger partial charge on any atom is 0.309 e. The molecule has 5 heteroatoms. The molecule has 1 saturated carbocycles. The first kappa shape index (κ1) is 15.8. The van der Waals surface area contributed by atoms with Crippen LogP contribution in [0.2, 0.25) is 5.02 Å². The van der Waals surface area contributed by atoms with E-state index < -0.39 is 5.79 Å². The summed E-state index contributed by atoms with van der Waals surface area (Å²) in [5.74, 6) is -0.378. The Hall–Kier alpha value is -1.10. The van der Waals surface area contributed by atoms with Gasteiger partial charge in [0.15, 0.2) is 5.79 Å². The van der Waals surface area contributed by atoms with Gasteiger partial charge in [0.05, 0.1) is 25.2 Å². The monoisotopic (exact) mass is 324 g/mol. The van der Waals surface area contributed by atoms with E-state index >= 15 is 0 Å². The van der Waals surface area contributed by atoms with Crippen LogP contribution in [0.5, 0.6) is 0 Å². The van der Waals surface area contributed by atoms with E-state index in [1.807, 2.05) is 38.1 Å². The van der Waals surface area contributed by atoms with Gasteiger partial charge in [0, 0.05) is 11.4 Å². The van der Waals surface area contributed by atoms with Crippen LogP contribution < -0.4 is 0 Å². The smallest absolute Gasteiger partial charge is 0.309 e. The van der Waals surface area contributed by atoms with Crippen LogP contribution in [0, 0.1) is 5.92 Å². The Morgan fingerprint density at radius 2 is 2.09 bits per heavy atom. The molecule has 0 spiro atoms. The lowest BCUT2D eigenvalue weighted by atomic mass is 10.1. The molecule has 1 aliphatic carbocycles. The Bertz CT molecular complexity index is 540. The van der Waals surface area contributed by atoms with E-state index in [4.69, 9.17) is 25.8 Å². The predicted octanol–water partition coefficient (Wildman–Crippen LogP) is 3.53. The molecule has 1 heterocycles. The summed E-state index contributed by atoms with van der Waals surface area (Å²) >= 11 is 5.87. The third-order valence-electron chi connectivity index (χ3n) is 4.14. The van der Waals surface area contributed by atoms with Gasteiger partial charge in [-0.3, -0.25) is 4.79 Å². The van der Waals surface area contributed by atoms with Crippen LogP contribution >= 0.6 is 11.6 Å². The standard InChI is InChI=1S/C17H21ClO4/c1-17(2)21-10-13(22-17)7-8-20-16(19)15-9-14(15)11-3-5-12(18)6-4-11/h3-6,13-15H,7-10H2,1-2H3/t13-,14-,15-/m0/s1. The lowest BCUT2D eigenvalue weighted by Gasteiger charge is -2.16. The SMILES string of the molecule is CC1(C)OC[C@H](CCOC(=O)[C@H]2C[C@H]2c2ccc(Cl)cc2)O1. The van der Waals surface area contributed by atoms with Gasteiger partial charge in [-0.2, -0.15) is 0 Å². The molecule has 1 aromatic carbocycles. The maximum atomic E-state index is 12.0. The summed E-state index contributed by atoms with van der Waals surface area (Å²) in [6, 6.07) is 7.67. The van der Waals surface area contributed by atoms with E-state index in [1.165, 1.54) is 0 Å². The summed E-state index contributed by atoms with van der Waals surface area (Å²) in [5.41, 5.74) is 1.15. The van der Waals surface area contributed by atoms with Gasteiger partial charge >= 0.3 is 5.97 Å². The second-order valence-corrected chi connectivity index (χ2v) is 6.84. The number of carbonyl (C=O) groups is 1. The Kier molecular flexibility index (Phi) is 4.44. The van der Waals surface area contributed by atoms with Crippen LogP contribution in [0.15, 0.2) is 24.3 Å². The minimum atomic E-state index is -0.523. The van der Waals surface area contributed by atoms with Gasteiger partial charge in [-0.15, -0.1) is 0 Å². The van der Waals surface area contributed by atoms with E-state index in [0.29, 0.717) is 24.7 Å². The van der Waals surface area contributed by atoms with Crippen molar-refractivity contribution in [2.45, 2.75) is 44.5 Å². The molecule has 4 nitrogen and oxygen atoms in total. The van der Waals surface area contributed by atoms with E-state index in [-0.39, 0.29) is 23.9 Å². The molecule has 0 radical (unpaired) electrons. The summed E-state index contributed by atoms with van der Waals surface area (Å²) in [6.07, 6.45) is 1.54. The van der Waals surface area contributed by atoms with E-state index in [1.54, 1.807) is 0 Å². The number of carbonyl (C=O) groups excluding carboxylic acids is 1. The highest BCUT2D eigenvalue weighted by Crippen LogP contribution is 2.48. The fourth-order valence-corrected chi connectivity index (χ4v) is 2.96. The fourth-order valence-electron chi connectivity index (χ4n) is 2.84. The van der Waals surface area contributed by atoms with Crippen LogP contribution in [0.4, 0.5) is 0 Å². The number of esters is 1. The van der Waals surface area contributed by atoms with Gasteiger partial charge in [-0.25, -0.2) is 0 Å². The average Bonchev–Trinajstić information content (AvgIpc) is 3.19. The van der Waals surface area contributed by atoms with Crippen molar-refractivity contribution < 1.29 is 19.0 Å². The number of ether oxygens (including phenoxy) is 3. The highest BCUT2D eigenvalue weighted by Gasteiger charge is 2.45. The summed E-state index contributed by atoms with van der Waals surface area (Å²) < 4.78 is 16.5. The number of halogens is 1. The summed E-state index contributed by atoms with van der Waals surface area (Å²) in [5, 5.41) is 0.713. The van der Waals surface area contributed by atoms with E-state index in [9.17, 15) is 4.79 Å². The molecule has 3 rings (SSSR count). The lowest BCUT2D eigenvalue weighted by Crippen LogP contribution is -2.22. The zero-order valence-electron chi connectivity index (χ0n) is 12.9. The first-order chi connectivity index (χ1) is 10.4. The average molecular weight is 325 g/mol. The summed E-state index contributed by atoms with van der Waals surface area (Å²) in [6.45, 7) is 4.72. The van der Waals surface area contributed by atoms with Crippen molar-refractivity contribution in [2.24, 2.45) is 5.92 Å². The molecule has 0 N–H and O–H groups in total. The van der Waals surface area contributed by atoms with Crippen molar-refractivity contribution in [1.29, 1.82) is 0 Å². The molecule has 0 aromatic heterocycles.